The van der Waals surface area contributed by atoms with E-state index in [9.17, 15) is 4.79 Å². The van der Waals surface area contributed by atoms with Crippen molar-refractivity contribution in [3.63, 3.8) is 0 Å². The zero-order valence-electron chi connectivity index (χ0n) is 15.7. The minimum Gasteiger partial charge on any atom is -0.361 e. The highest BCUT2D eigenvalue weighted by Gasteiger charge is 2.08. The van der Waals surface area contributed by atoms with Crippen LogP contribution in [0.25, 0.3) is 10.9 Å². The highest BCUT2D eigenvalue weighted by molar-refractivity contribution is 6.31. The van der Waals surface area contributed by atoms with Gasteiger partial charge in [-0.2, -0.15) is 0 Å². The van der Waals surface area contributed by atoms with Crippen molar-refractivity contribution in [3.8, 4) is 0 Å². The summed E-state index contributed by atoms with van der Waals surface area (Å²) in [5.74, 6) is -0.0767. The lowest BCUT2D eigenvalue weighted by Gasteiger charge is -2.07. The van der Waals surface area contributed by atoms with E-state index in [1.807, 2.05) is 72.9 Å². The van der Waals surface area contributed by atoms with E-state index in [-0.39, 0.29) is 5.91 Å². The number of halogens is 2. The molecule has 0 aliphatic heterocycles. The van der Waals surface area contributed by atoms with Gasteiger partial charge in [0.25, 0.3) is 5.91 Å². The number of carbonyl (C=O) groups is 1. The van der Waals surface area contributed by atoms with E-state index in [0.29, 0.717) is 17.1 Å². The molecule has 1 heterocycles. The number of carbonyl (C=O) groups excluding carboxylic acids is 1. The number of benzene rings is 3. The van der Waals surface area contributed by atoms with Gasteiger partial charge in [-0.15, -0.1) is 0 Å². The SMILES string of the molecule is O=C(NCCc1c[nH]c2ccc(Cl)cc12)c1ccc(Cc2ccccc2Cl)cc1. The quantitative estimate of drug-likeness (QED) is 0.390. The van der Waals surface area contributed by atoms with Crippen LogP contribution in [0.1, 0.15) is 27.0 Å². The summed E-state index contributed by atoms with van der Waals surface area (Å²) < 4.78 is 0. The average molecular weight is 423 g/mol. The van der Waals surface area contributed by atoms with Gasteiger partial charge in [-0.1, -0.05) is 53.5 Å². The average Bonchev–Trinajstić information content (AvgIpc) is 3.12. The molecule has 29 heavy (non-hydrogen) atoms. The summed E-state index contributed by atoms with van der Waals surface area (Å²) >= 11 is 12.3. The van der Waals surface area contributed by atoms with Crippen molar-refractivity contribution in [2.24, 2.45) is 0 Å². The van der Waals surface area contributed by atoms with Crippen LogP contribution in [0.15, 0.2) is 72.9 Å². The summed E-state index contributed by atoms with van der Waals surface area (Å²) in [5, 5.41) is 5.55. The third kappa shape index (κ3) is 4.64. The molecule has 146 valence electrons. The molecule has 3 aromatic carbocycles. The smallest absolute Gasteiger partial charge is 0.251 e. The van der Waals surface area contributed by atoms with Gasteiger partial charge in [-0.05, 0) is 65.9 Å². The van der Waals surface area contributed by atoms with Crippen molar-refractivity contribution in [1.29, 1.82) is 0 Å². The Morgan fingerprint density at radius 3 is 2.52 bits per heavy atom. The number of hydrogen-bond donors (Lipinski definition) is 2. The number of nitrogens with one attached hydrogen (secondary N) is 2. The highest BCUT2D eigenvalue weighted by Crippen LogP contribution is 2.23. The van der Waals surface area contributed by atoms with Gasteiger partial charge in [0.15, 0.2) is 0 Å². The maximum absolute atomic E-state index is 12.5. The fourth-order valence-corrected chi connectivity index (χ4v) is 3.78. The standard InChI is InChI=1S/C24H20Cl2N2O/c25-20-9-10-23-21(14-20)19(15-28-23)11-12-27-24(29)17-7-5-16(6-8-17)13-18-3-1-2-4-22(18)26/h1-10,14-15,28H,11-13H2,(H,27,29). The highest BCUT2D eigenvalue weighted by atomic mass is 35.5. The molecule has 3 nitrogen and oxygen atoms in total. The fraction of sp³-hybridized carbons (Fsp3) is 0.125. The number of aromatic amines is 1. The van der Waals surface area contributed by atoms with Crippen LogP contribution in [-0.4, -0.2) is 17.4 Å². The van der Waals surface area contributed by atoms with Crippen molar-refractivity contribution in [3.05, 3.63) is 105 Å². The van der Waals surface area contributed by atoms with E-state index in [1.54, 1.807) is 0 Å². The van der Waals surface area contributed by atoms with Crippen LogP contribution < -0.4 is 5.32 Å². The van der Waals surface area contributed by atoms with E-state index in [2.05, 4.69) is 10.3 Å². The molecule has 1 aromatic heterocycles. The monoisotopic (exact) mass is 422 g/mol. The molecule has 1 amide bonds. The molecule has 0 aliphatic carbocycles. The van der Waals surface area contributed by atoms with E-state index in [1.165, 1.54) is 0 Å². The molecule has 4 rings (SSSR count). The van der Waals surface area contributed by atoms with Gasteiger partial charge in [-0.25, -0.2) is 0 Å². The molecule has 5 heteroatoms. The Kier molecular flexibility index (Phi) is 5.89. The maximum atomic E-state index is 12.5. The largest absolute Gasteiger partial charge is 0.361 e. The number of fused-ring (bicyclic) bond motifs is 1. The Bertz CT molecular complexity index is 1150. The summed E-state index contributed by atoms with van der Waals surface area (Å²) in [6.45, 7) is 0.555. The van der Waals surface area contributed by atoms with Crippen LogP contribution in [0.3, 0.4) is 0 Å². The van der Waals surface area contributed by atoms with Crippen LogP contribution in [0, 0.1) is 0 Å². The number of H-pyrrole nitrogens is 1. The summed E-state index contributed by atoms with van der Waals surface area (Å²) in [7, 11) is 0. The number of hydrogen-bond acceptors (Lipinski definition) is 1. The zero-order chi connectivity index (χ0) is 20.2. The molecule has 2 N–H and O–H groups in total. The second kappa shape index (κ2) is 8.73. The number of aromatic nitrogens is 1. The van der Waals surface area contributed by atoms with E-state index in [0.717, 1.165) is 45.5 Å². The van der Waals surface area contributed by atoms with Gasteiger partial charge in [0, 0.05) is 39.3 Å². The molecule has 4 aromatic rings. The lowest BCUT2D eigenvalue weighted by atomic mass is 10.0. The Balaban J connectivity index is 1.35. The summed E-state index contributed by atoms with van der Waals surface area (Å²) in [6, 6.07) is 21.2. The van der Waals surface area contributed by atoms with Crippen molar-refractivity contribution in [2.45, 2.75) is 12.8 Å². The first-order valence-electron chi connectivity index (χ1n) is 9.46. The Morgan fingerprint density at radius 2 is 1.72 bits per heavy atom. The molecule has 0 radical (unpaired) electrons. The molecule has 0 saturated heterocycles. The van der Waals surface area contributed by atoms with Crippen LogP contribution >= 0.6 is 23.2 Å². The van der Waals surface area contributed by atoms with Gasteiger partial charge in [0.1, 0.15) is 0 Å². The van der Waals surface area contributed by atoms with E-state index >= 15 is 0 Å². The molecular weight excluding hydrogens is 403 g/mol. The summed E-state index contributed by atoms with van der Waals surface area (Å²) in [6.07, 6.45) is 3.44. The fourth-order valence-electron chi connectivity index (χ4n) is 3.41. The Morgan fingerprint density at radius 1 is 0.931 bits per heavy atom. The van der Waals surface area contributed by atoms with Gasteiger partial charge in [0.2, 0.25) is 0 Å². The molecule has 0 fully saturated rings. The minimum absolute atomic E-state index is 0.0767. The van der Waals surface area contributed by atoms with Crippen molar-refractivity contribution >= 4 is 40.0 Å². The minimum atomic E-state index is -0.0767. The van der Waals surface area contributed by atoms with Gasteiger partial charge in [-0.3, -0.25) is 4.79 Å². The second-order valence-corrected chi connectivity index (χ2v) is 7.82. The predicted molar refractivity (Wildman–Crippen MR) is 120 cm³/mol. The number of rotatable bonds is 6. The molecule has 0 unspecified atom stereocenters. The van der Waals surface area contributed by atoms with Crippen LogP contribution in [0.2, 0.25) is 10.0 Å². The Hall–Kier alpha value is -2.75. The van der Waals surface area contributed by atoms with Crippen molar-refractivity contribution in [2.75, 3.05) is 6.54 Å². The topological polar surface area (TPSA) is 44.9 Å². The second-order valence-electron chi connectivity index (χ2n) is 6.97. The first-order chi connectivity index (χ1) is 14.1. The first-order valence-corrected chi connectivity index (χ1v) is 10.2. The van der Waals surface area contributed by atoms with Gasteiger partial charge >= 0.3 is 0 Å². The molecule has 0 spiro atoms. The third-order valence-electron chi connectivity index (χ3n) is 4.98. The third-order valence-corrected chi connectivity index (χ3v) is 5.58. The Labute approximate surface area is 179 Å². The van der Waals surface area contributed by atoms with E-state index < -0.39 is 0 Å². The molecule has 0 bridgehead atoms. The maximum Gasteiger partial charge on any atom is 0.251 e. The van der Waals surface area contributed by atoms with Gasteiger partial charge in [0.05, 0.1) is 0 Å². The number of amides is 1. The summed E-state index contributed by atoms with van der Waals surface area (Å²) in [5.41, 5.74) is 5.02. The molecule has 0 aliphatic rings. The van der Waals surface area contributed by atoms with E-state index in [4.69, 9.17) is 23.2 Å². The molecular formula is C24H20Cl2N2O. The lowest BCUT2D eigenvalue weighted by molar-refractivity contribution is 0.0954. The van der Waals surface area contributed by atoms with Crippen LogP contribution in [-0.2, 0) is 12.8 Å². The van der Waals surface area contributed by atoms with Crippen LogP contribution in [0.4, 0.5) is 0 Å². The first kappa shape index (κ1) is 19.6. The molecule has 0 saturated carbocycles. The van der Waals surface area contributed by atoms with Crippen molar-refractivity contribution < 1.29 is 4.79 Å². The van der Waals surface area contributed by atoms with Gasteiger partial charge < -0.3 is 10.3 Å². The molecule has 0 atom stereocenters. The van der Waals surface area contributed by atoms with Crippen LogP contribution in [0.5, 0.6) is 0 Å². The normalized spacial score (nSPS) is 11.0. The summed E-state index contributed by atoms with van der Waals surface area (Å²) in [4.78, 5) is 15.7. The predicted octanol–water partition coefficient (Wildman–Crippen LogP) is 6.04. The van der Waals surface area contributed by atoms with Crippen molar-refractivity contribution in [1.82, 2.24) is 10.3 Å². The lowest BCUT2D eigenvalue weighted by Crippen LogP contribution is -2.25. The zero-order valence-corrected chi connectivity index (χ0v) is 17.2.